The molecule has 0 saturated carbocycles. The third-order valence-corrected chi connectivity index (χ3v) is 1.40. The molecule has 0 aliphatic rings. The lowest BCUT2D eigenvalue weighted by Gasteiger charge is -2.01. The number of aromatic nitrogens is 1. The summed E-state index contributed by atoms with van der Waals surface area (Å²) in [4.78, 5) is 0. The number of ether oxygens (including phenoxy) is 1. The number of aryl methyl sites for hydroxylation is 1. The van der Waals surface area contributed by atoms with Gasteiger partial charge >= 0.3 is 0 Å². The monoisotopic (exact) mass is 166 g/mol. The average molecular weight is 166 g/mol. The molecular weight excluding hydrogens is 156 g/mol. The second-order valence-corrected chi connectivity index (χ2v) is 2.26. The van der Waals surface area contributed by atoms with Crippen molar-refractivity contribution in [3.05, 3.63) is 30.1 Å². The normalized spacial score (nSPS) is 11.3. The molecule has 0 aromatic carbocycles. The molecular formula is C8H10N2O2. The number of pyridine rings is 1. The van der Waals surface area contributed by atoms with Crippen molar-refractivity contribution >= 4 is 6.08 Å². The number of nitrogens with zero attached hydrogens (tertiary/aromatic N) is 2. The van der Waals surface area contributed by atoms with Gasteiger partial charge in [0.1, 0.15) is 0 Å². The molecule has 0 unspecified atom stereocenters. The fourth-order valence-electron chi connectivity index (χ4n) is 0.761. The molecule has 12 heavy (non-hydrogen) atoms. The van der Waals surface area contributed by atoms with E-state index in [0.29, 0.717) is 0 Å². The van der Waals surface area contributed by atoms with Gasteiger partial charge in [0.15, 0.2) is 0 Å². The minimum absolute atomic E-state index is 0.602. The first kappa shape index (κ1) is 8.52. The Morgan fingerprint density at radius 2 is 2.33 bits per heavy atom. The van der Waals surface area contributed by atoms with Crippen LogP contribution in [0.5, 0.6) is 0 Å². The maximum atomic E-state index is 10.7. The summed E-state index contributed by atoms with van der Waals surface area (Å²) < 4.78 is 5.85. The van der Waals surface area contributed by atoms with E-state index in [0.717, 1.165) is 5.69 Å². The number of rotatable bonds is 1. The van der Waals surface area contributed by atoms with Gasteiger partial charge in [0.2, 0.25) is 18.0 Å². The van der Waals surface area contributed by atoms with Gasteiger partial charge in [0.05, 0.1) is 0 Å². The van der Waals surface area contributed by atoms with E-state index in [9.17, 15) is 5.11 Å². The Kier molecular flexibility index (Phi) is 2.63. The highest BCUT2D eigenvalue weighted by Gasteiger charge is 2.01. The van der Waals surface area contributed by atoms with Gasteiger partial charge in [-0.05, 0) is 13.2 Å². The smallest absolute Gasteiger partial charge is 0.222 e. The Morgan fingerprint density at radius 1 is 1.58 bits per heavy atom. The van der Waals surface area contributed by atoms with Gasteiger partial charge in [0, 0.05) is 24.2 Å². The fraction of sp³-hybridized carbons (Fsp3) is 0.250. The van der Waals surface area contributed by atoms with E-state index in [2.05, 4.69) is 9.84 Å². The van der Waals surface area contributed by atoms with Gasteiger partial charge in [-0.3, -0.25) is 0 Å². The predicted molar refractivity (Wildman–Crippen MR) is 41.2 cm³/mol. The maximum absolute atomic E-state index is 10.7. The molecule has 4 nitrogen and oxygen atoms in total. The highest BCUT2D eigenvalue weighted by molar-refractivity contribution is 5.60. The zero-order valence-corrected chi connectivity index (χ0v) is 7.02. The Labute approximate surface area is 70.7 Å². The average Bonchev–Trinajstić information content (AvgIpc) is 2.09. The van der Waals surface area contributed by atoms with Gasteiger partial charge in [-0.2, -0.15) is 0 Å². The van der Waals surface area contributed by atoms with Crippen molar-refractivity contribution in [1.29, 1.82) is 0 Å². The first-order chi connectivity index (χ1) is 5.74. The van der Waals surface area contributed by atoms with Crippen molar-refractivity contribution in [3.8, 4) is 0 Å². The molecule has 0 aliphatic heterocycles. The van der Waals surface area contributed by atoms with E-state index in [-0.39, 0.29) is 0 Å². The molecule has 0 N–H and O–H groups in total. The fourth-order valence-corrected chi connectivity index (χ4v) is 0.761. The molecule has 0 spiro atoms. The van der Waals surface area contributed by atoms with Gasteiger partial charge in [-0.1, -0.05) is 4.68 Å². The van der Waals surface area contributed by atoms with Crippen molar-refractivity contribution in [2.24, 2.45) is 5.10 Å². The third kappa shape index (κ3) is 1.95. The molecule has 0 saturated heterocycles. The standard InChI is InChI=1S/C8H10N2O2/c1-7-5-3-4-6-10(7)9-8(11)12-2/h3-6H,1-2H3. The van der Waals surface area contributed by atoms with E-state index >= 15 is 0 Å². The number of hydrogen-bond donors (Lipinski definition) is 0. The van der Waals surface area contributed by atoms with Crippen molar-refractivity contribution in [1.82, 2.24) is 0 Å². The summed E-state index contributed by atoms with van der Waals surface area (Å²) in [5, 5.41) is 14.4. The van der Waals surface area contributed by atoms with Crippen LogP contribution in [0.1, 0.15) is 5.69 Å². The maximum Gasteiger partial charge on any atom is 0.222 e. The lowest BCUT2D eigenvalue weighted by molar-refractivity contribution is -0.688. The molecule has 1 aromatic heterocycles. The number of methoxy groups -OCH3 is 1. The Bertz CT molecular complexity index is 297. The Hall–Kier alpha value is -1.58. The van der Waals surface area contributed by atoms with Crippen LogP contribution in [-0.2, 0) is 4.74 Å². The molecule has 1 heterocycles. The van der Waals surface area contributed by atoms with Gasteiger partial charge in [-0.25, -0.2) is 0 Å². The van der Waals surface area contributed by atoms with Gasteiger partial charge in [0.25, 0.3) is 0 Å². The first-order valence-electron chi connectivity index (χ1n) is 3.51. The topological polar surface area (TPSA) is 48.5 Å². The minimum Gasteiger partial charge on any atom is -0.599 e. The first-order valence-corrected chi connectivity index (χ1v) is 3.51. The van der Waals surface area contributed by atoms with E-state index in [1.165, 1.54) is 11.8 Å². The summed E-state index contributed by atoms with van der Waals surface area (Å²) in [5.41, 5.74) is 0.878. The summed E-state index contributed by atoms with van der Waals surface area (Å²) in [6, 6.07) is 5.52. The quantitative estimate of drug-likeness (QED) is 0.318. The summed E-state index contributed by atoms with van der Waals surface area (Å²) in [7, 11) is 1.30. The molecule has 0 bridgehead atoms. The van der Waals surface area contributed by atoms with Crippen LogP contribution >= 0.6 is 0 Å². The molecule has 0 radical (unpaired) electrons. The predicted octanol–water partition coefficient (Wildman–Crippen LogP) is -0.592. The molecule has 1 rings (SSSR count). The minimum atomic E-state index is -0.602. The van der Waals surface area contributed by atoms with Crippen LogP contribution in [-0.4, -0.2) is 13.2 Å². The largest absolute Gasteiger partial charge is 0.599 e. The van der Waals surface area contributed by atoms with E-state index < -0.39 is 6.08 Å². The summed E-state index contributed by atoms with van der Waals surface area (Å²) >= 11 is 0. The van der Waals surface area contributed by atoms with Gasteiger partial charge < -0.3 is 9.84 Å². The molecule has 0 atom stereocenters. The van der Waals surface area contributed by atoms with Crippen LogP contribution in [0.25, 0.3) is 0 Å². The van der Waals surface area contributed by atoms with Crippen molar-refractivity contribution in [2.45, 2.75) is 6.92 Å². The van der Waals surface area contributed by atoms with Crippen LogP contribution in [0.2, 0.25) is 0 Å². The SMILES string of the molecule is CO/C([O-])=N\[n+]1ccccc1C. The van der Waals surface area contributed by atoms with E-state index in [1.807, 2.05) is 19.1 Å². The van der Waals surface area contributed by atoms with Crippen LogP contribution in [0.15, 0.2) is 29.5 Å². The Balaban J connectivity index is 2.96. The summed E-state index contributed by atoms with van der Waals surface area (Å²) in [6.07, 6.45) is 1.08. The van der Waals surface area contributed by atoms with Crippen LogP contribution in [0, 0.1) is 6.92 Å². The lowest BCUT2D eigenvalue weighted by atomic mass is 10.4. The van der Waals surface area contributed by atoms with Gasteiger partial charge in [-0.15, -0.1) is 0 Å². The lowest BCUT2D eigenvalue weighted by Crippen LogP contribution is -2.36. The van der Waals surface area contributed by atoms with Crippen LogP contribution in [0.3, 0.4) is 0 Å². The summed E-state index contributed by atoms with van der Waals surface area (Å²) in [6.45, 7) is 1.85. The molecule has 1 aromatic rings. The number of hydrogen-bond acceptors (Lipinski definition) is 3. The molecule has 64 valence electrons. The van der Waals surface area contributed by atoms with Crippen molar-refractivity contribution in [2.75, 3.05) is 7.11 Å². The van der Waals surface area contributed by atoms with E-state index in [1.54, 1.807) is 12.3 Å². The zero-order chi connectivity index (χ0) is 8.97. The van der Waals surface area contributed by atoms with Crippen molar-refractivity contribution in [3.63, 3.8) is 0 Å². The highest BCUT2D eigenvalue weighted by Crippen LogP contribution is 1.86. The molecule has 0 amide bonds. The second kappa shape index (κ2) is 3.71. The molecule has 0 aliphatic carbocycles. The molecule has 4 heteroatoms. The second-order valence-electron chi connectivity index (χ2n) is 2.26. The third-order valence-electron chi connectivity index (χ3n) is 1.40. The summed E-state index contributed by atoms with van der Waals surface area (Å²) in [5.74, 6) is 0. The Morgan fingerprint density at radius 3 is 2.92 bits per heavy atom. The molecule has 0 fully saturated rings. The zero-order valence-electron chi connectivity index (χ0n) is 7.02. The highest BCUT2D eigenvalue weighted by atomic mass is 16.6. The van der Waals surface area contributed by atoms with Crippen molar-refractivity contribution < 1.29 is 14.5 Å². The van der Waals surface area contributed by atoms with Crippen LogP contribution in [0.4, 0.5) is 0 Å². The van der Waals surface area contributed by atoms with Crippen LogP contribution < -0.4 is 9.78 Å². The van der Waals surface area contributed by atoms with E-state index in [4.69, 9.17) is 0 Å².